The lowest BCUT2D eigenvalue weighted by Crippen LogP contribution is -2.01. The van der Waals surface area contributed by atoms with Gasteiger partial charge >= 0.3 is 0 Å². The highest BCUT2D eigenvalue weighted by molar-refractivity contribution is 6.99. The molecule has 15 heavy (non-hydrogen) atoms. The average molecular weight is 245 g/mol. The number of hydrogen-bond acceptors (Lipinski definition) is 4. The number of rotatable bonds is 2. The van der Waals surface area contributed by atoms with E-state index in [1.54, 1.807) is 0 Å². The van der Waals surface area contributed by atoms with Crippen molar-refractivity contribution in [2.24, 2.45) is 0 Å². The molecule has 1 unspecified atom stereocenters. The van der Waals surface area contributed by atoms with Gasteiger partial charge in [-0.05, 0) is 18.2 Å². The van der Waals surface area contributed by atoms with Gasteiger partial charge in [-0.25, -0.2) is 4.39 Å². The molecule has 0 aliphatic heterocycles. The molecule has 1 atom stereocenters. The molecule has 1 aromatic heterocycles. The minimum Gasteiger partial charge on any atom is -0.382 e. The van der Waals surface area contributed by atoms with Crippen molar-refractivity contribution in [3.8, 4) is 0 Å². The standard InChI is InChI=1S/C9H6ClFN2OS/c10-7-2-1-5(11)3-6(7)9(14)8-4-12-15-13-8/h1-4,9,14H. The zero-order chi connectivity index (χ0) is 10.8. The third-order valence-electron chi connectivity index (χ3n) is 1.91. The third kappa shape index (κ3) is 2.14. The van der Waals surface area contributed by atoms with Gasteiger partial charge in [0, 0.05) is 10.6 Å². The molecular weight excluding hydrogens is 239 g/mol. The van der Waals surface area contributed by atoms with Gasteiger partial charge in [-0.1, -0.05) is 11.6 Å². The minimum absolute atomic E-state index is 0.296. The highest BCUT2D eigenvalue weighted by atomic mass is 35.5. The summed E-state index contributed by atoms with van der Waals surface area (Å²) in [5, 5.41) is 10.1. The van der Waals surface area contributed by atoms with E-state index in [0.717, 1.165) is 11.7 Å². The van der Waals surface area contributed by atoms with Crippen LogP contribution in [0.3, 0.4) is 0 Å². The number of aromatic nitrogens is 2. The summed E-state index contributed by atoms with van der Waals surface area (Å²) in [6.45, 7) is 0. The predicted molar refractivity (Wildman–Crippen MR) is 55.4 cm³/mol. The number of aliphatic hydroxyl groups excluding tert-OH is 1. The van der Waals surface area contributed by atoms with Crippen LogP contribution in [0, 0.1) is 5.82 Å². The fraction of sp³-hybridized carbons (Fsp3) is 0.111. The molecule has 0 fully saturated rings. The van der Waals surface area contributed by atoms with E-state index in [2.05, 4.69) is 8.75 Å². The van der Waals surface area contributed by atoms with Crippen LogP contribution in [0.4, 0.5) is 4.39 Å². The topological polar surface area (TPSA) is 46.0 Å². The van der Waals surface area contributed by atoms with Crippen LogP contribution in [0.15, 0.2) is 24.4 Å². The molecular formula is C9H6ClFN2OS. The van der Waals surface area contributed by atoms with Crippen LogP contribution >= 0.6 is 23.3 Å². The van der Waals surface area contributed by atoms with Crippen molar-refractivity contribution in [3.63, 3.8) is 0 Å². The van der Waals surface area contributed by atoms with Gasteiger partial charge in [0.05, 0.1) is 17.9 Å². The van der Waals surface area contributed by atoms with Crippen molar-refractivity contribution in [3.05, 3.63) is 46.5 Å². The van der Waals surface area contributed by atoms with Crippen LogP contribution in [-0.2, 0) is 0 Å². The predicted octanol–water partition coefficient (Wildman–Crippen LogP) is 2.41. The maximum atomic E-state index is 12.9. The Morgan fingerprint density at radius 1 is 1.47 bits per heavy atom. The van der Waals surface area contributed by atoms with E-state index in [9.17, 15) is 9.50 Å². The van der Waals surface area contributed by atoms with E-state index >= 15 is 0 Å². The van der Waals surface area contributed by atoms with E-state index in [4.69, 9.17) is 11.6 Å². The maximum absolute atomic E-state index is 12.9. The van der Waals surface area contributed by atoms with E-state index in [-0.39, 0.29) is 0 Å². The number of hydrogen-bond donors (Lipinski definition) is 1. The minimum atomic E-state index is -1.04. The van der Waals surface area contributed by atoms with Gasteiger partial charge < -0.3 is 5.11 Å². The van der Waals surface area contributed by atoms with Gasteiger partial charge in [0.1, 0.15) is 17.6 Å². The van der Waals surface area contributed by atoms with Gasteiger partial charge in [-0.15, -0.1) is 0 Å². The SMILES string of the molecule is OC(c1cnsn1)c1cc(F)ccc1Cl. The average Bonchev–Trinajstić information content (AvgIpc) is 2.74. The number of aliphatic hydroxyl groups is 1. The normalized spacial score (nSPS) is 12.7. The molecule has 1 aromatic carbocycles. The molecule has 78 valence electrons. The first-order chi connectivity index (χ1) is 7.18. The van der Waals surface area contributed by atoms with Gasteiger partial charge in [0.2, 0.25) is 0 Å². The van der Waals surface area contributed by atoms with Crippen molar-refractivity contribution in [1.82, 2.24) is 8.75 Å². The van der Waals surface area contributed by atoms with Gasteiger partial charge in [0.15, 0.2) is 0 Å². The van der Waals surface area contributed by atoms with Crippen LogP contribution in [0.1, 0.15) is 17.4 Å². The van der Waals surface area contributed by atoms with Crippen LogP contribution in [-0.4, -0.2) is 13.9 Å². The molecule has 0 saturated carbocycles. The van der Waals surface area contributed by atoms with Crippen molar-refractivity contribution in [2.45, 2.75) is 6.10 Å². The van der Waals surface area contributed by atoms with Crippen molar-refractivity contribution in [2.75, 3.05) is 0 Å². The number of nitrogens with zero attached hydrogens (tertiary/aromatic N) is 2. The molecule has 3 nitrogen and oxygen atoms in total. The van der Waals surface area contributed by atoms with Gasteiger partial charge in [-0.2, -0.15) is 8.75 Å². The first-order valence-corrected chi connectivity index (χ1v) is 5.20. The Kier molecular flexibility index (Phi) is 2.95. The summed E-state index contributed by atoms with van der Waals surface area (Å²) in [5.74, 6) is -0.448. The third-order valence-corrected chi connectivity index (χ3v) is 2.75. The molecule has 1 N–H and O–H groups in total. The molecule has 0 spiro atoms. The van der Waals surface area contributed by atoms with E-state index in [1.165, 1.54) is 24.4 Å². The molecule has 0 radical (unpaired) electrons. The Morgan fingerprint density at radius 3 is 2.93 bits per heavy atom. The largest absolute Gasteiger partial charge is 0.382 e. The zero-order valence-corrected chi connectivity index (χ0v) is 8.96. The van der Waals surface area contributed by atoms with Crippen molar-refractivity contribution >= 4 is 23.3 Å². The molecule has 0 aliphatic rings. The summed E-state index contributed by atoms with van der Waals surface area (Å²) in [6.07, 6.45) is 0.392. The Hall–Kier alpha value is -1.04. The summed E-state index contributed by atoms with van der Waals surface area (Å²) in [5.41, 5.74) is 0.664. The Morgan fingerprint density at radius 2 is 2.27 bits per heavy atom. The fourth-order valence-corrected chi connectivity index (χ4v) is 1.84. The first kappa shape index (κ1) is 10.5. The molecule has 0 aliphatic carbocycles. The summed E-state index contributed by atoms with van der Waals surface area (Å²) < 4.78 is 20.6. The molecule has 1 heterocycles. The summed E-state index contributed by atoms with van der Waals surface area (Å²) in [6, 6.07) is 3.82. The molecule has 2 rings (SSSR count). The van der Waals surface area contributed by atoms with Gasteiger partial charge in [-0.3, -0.25) is 0 Å². The molecule has 6 heteroatoms. The van der Waals surface area contributed by atoms with Crippen LogP contribution in [0.25, 0.3) is 0 Å². The lowest BCUT2D eigenvalue weighted by atomic mass is 10.1. The second-order valence-corrected chi connectivity index (χ2v) is 3.86. The molecule has 0 bridgehead atoms. The highest BCUT2D eigenvalue weighted by Crippen LogP contribution is 2.27. The fourth-order valence-electron chi connectivity index (χ4n) is 1.18. The van der Waals surface area contributed by atoms with Crippen LogP contribution < -0.4 is 0 Å². The van der Waals surface area contributed by atoms with Crippen molar-refractivity contribution < 1.29 is 9.50 Å². The monoisotopic (exact) mass is 244 g/mol. The van der Waals surface area contributed by atoms with Crippen LogP contribution in [0.2, 0.25) is 5.02 Å². The summed E-state index contributed by atoms with van der Waals surface area (Å²) in [7, 11) is 0. The van der Waals surface area contributed by atoms with E-state index in [1.807, 2.05) is 0 Å². The molecule has 0 saturated heterocycles. The quantitative estimate of drug-likeness (QED) is 0.883. The maximum Gasteiger partial charge on any atom is 0.125 e. The summed E-state index contributed by atoms with van der Waals surface area (Å²) in [4.78, 5) is 0. The molecule has 2 aromatic rings. The first-order valence-electron chi connectivity index (χ1n) is 4.09. The van der Waals surface area contributed by atoms with E-state index < -0.39 is 11.9 Å². The smallest absolute Gasteiger partial charge is 0.125 e. The number of halogens is 2. The number of benzene rings is 1. The van der Waals surface area contributed by atoms with Crippen LogP contribution in [0.5, 0.6) is 0 Å². The molecule has 0 amide bonds. The Labute approximate surface area is 94.5 Å². The summed E-state index contributed by atoms with van der Waals surface area (Å²) >= 11 is 6.81. The second kappa shape index (κ2) is 4.22. The second-order valence-electron chi connectivity index (χ2n) is 2.90. The zero-order valence-electron chi connectivity index (χ0n) is 7.39. The van der Waals surface area contributed by atoms with E-state index in [0.29, 0.717) is 16.3 Å². The Bertz CT molecular complexity index is 463. The Balaban J connectivity index is 2.41. The van der Waals surface area contributed by atoms with Gasteiger partial charge in [0.25, 0.3) is 0 Å². The lowest BCUT2D eigenvalue weighted by Gasteiger charge is -2.09. The highest BCUT2D eigenvalue weighted by Gasteiger charge is 2.16. The lowest BCUT2D eigenvalue weighted by molar-refractivity contribution is 0.216. The van der Waals surface area contributed by atoms with Crippen molar-refractivity contribution in [1.29, 1.82) is 0 Å².